The number of nitrogens with zero attached hydrogens (tertiary/aromatic N) is 2. The van der Waals surface area contributed by atoms with Gasteiger partial charge in [0.1, 0.15) is 11.3 Å². The van der Waals surface area contributed by atoms with Gasteiger partial charge < -0.3 is 14.6 Å². The van der Waals surface area contributed by atoms with E-state index < -0.39 is 11.5 Å². The molecule has 2 aliphatic rings. The summed E-state index contributed by atoms with van der Waals surface area (Å²) in [6.45, 7) is 1.05. The first-order valence-electron chi connectivity index (χ1n) is 8.58. The van der Waals surface area contributed by atoms with Crippen molar-refractivity contribution < 1.29 is 9.90 Å². The molecule has 2 aromatic carbocycles. The molecule has 0 saturated carbocycles. The van der Waals surface area contributed by atoms with E-state index in [4.69, 9.17) is 0 Å². The summed E-state index contributed by atoms with van der Waals surface area (Å²) < 4.78 is 1.63. The smallest absolute Gasteiger partial charge is 0.267 e. The number of benzene rings is 2. The monoisotopic (exact) mass is 364 g/mol. The Kier molecular flexibility index (Phi) is 3.37. The summed E-state index contributed by atoms with van der Waals surface area (Å²) in [5.74, 6) is 0.129. The zero-order chi connectivity index (χ0) is 17.8. The van der Waals surface area contributed by atoms with Crippen molar-refractivity contribution in [2.45, 2.75) is 17.9 Å². The molecule has 0 bridgehead atoms. The Morgan fingerprint density at radius 2 is 1.92 bits per heavy atom. The highest BCUT2D eigenvalue weighted by Gasteiger charge is 2.31. The Morgan fingerprint density at radius 3 is 2.81 bits per heavy atom. The number of anilines is 1. The molecule has 130 valence electrons. The number of amides is 1. The Balaban J connectivity index is 1.72. The zero-order valence-electron chi connectivity index (χ0n) is 13.9. The molecule has 6 heteroatoms. The van der Waals surface area contributed by atoms with Crippen molar-refractivity contribution in [1.29, 1.82) is 0 Å². The van der Waals surface area contributed by atoms with Crippen LogP contribution in [-0.4, -0.2) is 27.9 Å². The number of hydrogen-bond acceptors (Lipinski definition) is 4. The van der Waals surface area contributed by atoms with E-state index in [-0.39, 0.29) is 11.3 Å². The number of fused-ring (bicyclic) bond motifs is 1. The maximum atomic E-state index is 13.3. The van der Waals surface area contributed by atoms with Gasteiger partial charge in [0, 0.05) is 29.1 Å². The second-order valence-electron chi connectivity index (χ2n) is 6.52. The van der Waals surface area contributed by atoms with Gasteiger partial charge in [0.2, 0.25) is 0 Å². The van der Waals surface area contributed by atoms with Crippen molar-refractivity contribution in [2.24, 2.45) is 0 Å². The molecule has 3 aromatic rings. The van der Waals surface area contributed by atoms with Crippen LogP contribution in [0.3, 0.4) is 0 Å². The third kappa shape index (κ3) is 2.05. The summed E-state index contributed by atoms with van der Waals surface area (Å²) in [7, 11) is 0. The second kappa shape index (κ2) is 5.64. The molecule has 2 aliphatic heterocycles. The topological polar surface area (TPSA) is 62.5 Å². The van der Waals surface area contributed by atoms with Crippen LogP contribution in [0, 0.1) is 0 Å². The van der Waals surface area contributed by atoms with Crippen LogP contribution in [0.4, 0.5) is 5.69 Å². The molecule has 3 heterocycles. The van der Waals surface area contributed by atoms with E-state index in [1.807, 2.05) is 36.4 Å². The lowest BCUT2D eigenvalue weighted by molar-refractivity contribution is 0.0983. The number of para-hydroxylation sites is 2. The molecule has 1 N–H and O–H groups in total. The molecule has 1 aromatic heterocycles. The van der Waals surface area contributed by atoms with Gasteiger partial charge in [-0.15, -0.1) is 11.8 Å². The van der Waals surface area contributed by atoms with Crippen molar-refractivity contribution in [3.8, 4) is 5.75 Å². The van der Waals surface area contributed by atoms with Gasteiger partial charge in [0.15, 0.2) is 0 Å². The maximum Gasteiger partial charge on any atom is 0.267 e. The molecule has 5 nitrogen and oxygen atoms in total. The fourth-order valence-corrected chi connectivity index (χ4v) is 4.92. The number of aromatic hydroxyl groups is 1. The van der Waals surface area contributed by atoms with E-state index in [2.05, 4.69) is 0 Å². The maximum absolute atomic E-state index is 13.3. The average Bonchev–Trinajstić information content (AvgIpc) is 3.11. The first-order chi connectivity index (χ1) is 12.7. The summed E-state index contributed by atoms with van der Waals surface area (Å²) in [4.78, 5) is 28.9. The summed E-state index contributed by atoms with van der Waals surface area (Å²) in [5, 5.41) is 11.4. The normalized spacial score (nSPS) is 15.3. The van der Waals surface area contributed by atoms with Crippen molar-refractivity contribution in [2.75, 3.05) is 17.2 Å². The fourth-order valence-electron chi connectivity index (χ4n) is 3.93. The summed E-state index contributed by atoms with van der Waals surface area (Å²) in [5.41, 5.74) is 2.05. The summed E-state index contributed by atoms with van der Waals surface area (Å²) in [6.07, 6.45) is 0.743. The first kappa shape index (κ1) is 15.5. The summed E-state index contributed by atoms with van der Waals surface area (Å²) >= 11 is 1.69. The minimum Gasteiger partial charge on any atom is -0.506 e. The largest absolute Gasteiger partial charge is 0.506 e. The van der Waals surface area contributed by atoms with E-state index in [0.29, 0.717) is 18.5 Å². The molecule has 0 spiro atoms. The first-order valence-corrected chi connectivity index (χ1v) is 9.56. The van der Waals surface area contributed by atoms with E-state index in [9.17, 15) is 14.7 Å². The van der Waals surface area contributed by atoms with Crippen LogP contribution in [0.25, 0.3) is 10.9 Å². The van der Waals surface area contributed by atoms with E-state index in [1.54, 1.807) is 27.3 Å². The second-order valence-corrected chi connectivity index (χ2v) is 7.65. The Labute approximate surface area is 153 Å². The van der Waals surface area contributed by atoms with Gasteiger partial charge in [0.05, 0.1) is 11.2 Å². The van der Waals surface area contributed by atoms with E-state index >= 15 is 0 Å². The molecule has 0 fully saturated rings. The minimum atomic E-state index is -0.428. The minimum absolute atomic E-state index is 0.127. The number of pyridine rings is 1. The number of hydrogen-bond donors (Lipinski definition) is 1. The number of rotatable bonds is 1. The Hall–Kier alpha value is -2.73. The summed E-state index contributed by atoms with van der Waals surface area (Å²) in [6, 6.07) is 13.3. The number of carbonyl (C=O) groups is 1. The lowest BCUT2D eigenvalue weighted by Gasteiger charge is -2.29. The van der Waals surface area contributed by atoms with Gasteiger partial charge in [-0.2, -0.15) is 0 Å². The number of aromatic nitrogens is 1. The highest BCUT2D eigenvalue weighted by molar-refractivity contribution is 7.99. The van der Waals surface area contributed by atoms with E-state index in [1.165, 1.54) is 0 Å². The highest BCUT2D eigenvalue weighted by Crippen LogP contribution is 2.37. The SMILES string of the molecule is O=C(c1c(O)c2cccc3c2n(c1=O)CC3)N1CCSc2ccccc21. The van der Waals surface area contributed by atoms with Gasteiger partial charge in [-0.05, 0) is 30.2 Å². The molecule has 5 rings (SSSR count). The molecule has 0 atom stereocenters. The van der Waals surface area contributed by atoms with Crippen LogP contribution in [0.1, 0.15) is 15.9 Å². The van der Waals surface area contributed by atoms with Gasteiger partial charge >= 0.3 is 0 Å². The number of thioether (sulfide) groups is 1. The van der Waals surface area contributed by atoms with Crippen LogP contribution in [-0.2, 0) is 13.0 Å². The Morgan fingerprint density at radius 1 is 1.08 bits per heavy atom. The predicted molar refractivity (Wildman–Crippen MR) is 102 cm³/mol. The van der Waals surface area contributed by atoms with Crippen molar-refractivity contribution in [3.63, 3.8) is 0 Å². The van der Waals surface area contributed by atoms with Gasteiger partial charge in [-0.3, -0.25) is 9.59 Å². The quantitative estimate of drug-likeness (QED) is 0.721. The third-order valence-corrected chi connectivity index (χ3v) is 6.18. The van der Waals surface area contributed by atoms with Crippen LogP contribution in [0.2, 0.25) is 0 Å². The van der Waals surface area contributed by atoms with Crippen molar-refractivity contribution in [1.82, 2.24) is 4.57 Å². The van der Waals surface area contributed by atoms with E-state index in [0.717, 1.165) is 33.8 Å². The molecule has 0 saturated heterocycles. The van der Waals surface area contributed by atoms with Crippen LogP contribution < -0.4 is 10.5 Å². The number of carbonyl (C=O) groups excluding carboxylic acids is 1. The Bertz CT molecular complexity index is 1140. The molecule has 0 aliphatic carbocycles. The molecule has 0 radical (unpaired) electrons. The van der Waals surface area contributed by atoms with Crippen LogP contribution >= 0.6 is 11.8 Å². The standard InChI is InChI=1S/C20H16N2O3S/c23-18-13-5-3-4-12-8-9-22(17(12)13)20(25)16(18)19(24)21-10-11-26-15-7-2-1-6-14(15)21/h1-7,23H,8-11H2. The zero-order valence-corrected chi connectivity index (χ0v) is 14.8. The average molecular weight is 364 g/mol. The fraction of sp³-hybridized carbons (Fsp3) is 0.200. The lowest BCUT2D eigenvalue weighted by Crippen LogP contribution is -2.39. The molecule has 1 amide bonds. The van der Waals surface area contributed by atoms with Crippen LogP contribution in [0.5, 0.6) is 5.75 Å². The molecular formula is C20H16N2O3S. The molecule has 26 heavy (non-hydrogen) atoms. The number of aryl methyl sites for hydroxylation is 2. The molecular weight excluding hydrogens is 348 g/mol. The molecule has 0 unspecified atom stereocenters. The van der Waals surface area contributed by atoms with Crippen molar-refractivity contribution >= 4 is 34.3 Å². The van der Waals surface area contributed by atoms with Gasteiger partial charge in [-0.1, -0.05) is 24.3 Å². The predicted octanol–water partition coefficient (Wildman–Crippen LogP) is 3.02. The van der Waals surface area contributed by atoms with Gasteiger partial charge in [0.25, 0.3) is 11.5 Å². The third-order valence-electron chi connectivity index (χ3n) is 5.13. The van der Waals surface area contributed by atoms with Gasteiger partial charge in [-0.25, -0.2) is 0 Å². The lowest BCUT2D eigenvalue weighted by atomic mass is 10.1. The van der Waals surface area contributed by atoms with Crippen molar-refractivity contribution in [3.05, 3.63) is 63.9 Å². The highest BCUT2D eigenvalue weighted by atomic mass is 32.2. The van der Waals surface area contributed by atoms with Crippen LogP contribution in [0.15, 0.2) is 52.2 Å².